The Kier molecular flexibility index (Phi) is 6.21. The van der Waals surface area contributed by atoms with E-state index in [-0.39, 0.29) is 17.9 Å². The molecule has 2 aromatic rings. The lowest BCUT2D eigenvalue weighted by molar-refractivity contribution is -0.120. The maximum atomic E-state index is 11.9. The molecule has 0 aliphatic heterocycles. The van der Waals surface area contributed by atoms with Crippen molar-refractivity contribution in [1.82, 2.24) is 0 Å². The number of nitrogens with one attached hydrogen (secondary N) is 1. The van der Waals surface area contributed by atoms with Gasteiger partial charge in [-0.25, -0.2) is 0 Å². The lowest BCUT2D eigenvalue weighted by Gasteiger charge is -2.18. The van der Waals surface area contributed by atoms with Gasteiger partial charge in [-0.1, -0.05) is 67.9 Å². The van der Waals surface area contributed by atoms with E-state index < -0.39 is 0 Å². The van der Waals surface area contributed by atoms with Gasteiger partial charge in [0.25, 0.3) is 5.91 Å². The Hall–Kier alpha value is -2.33. The first kappa shape index (κ1) is 19.0. The Morgan fingerprint density at radius 3 is 2.52 bits per heavy atom. The zero-order valence-corrected chi connectivity index (χ0v) is 15.7. The quantitative estimate of drug-likeness (QED) is 0.608. The third-order valence-electron chi connectivity index (χ3n) is 3.72. The summed E-state index contributed by atoms with van der Waals surface area (Å²) in [6, 6.07) is 13.4. The molecule has 0 saturated carbocycles. The van der Waals surface area contributed by atoms with Gasteiger partial charge in [0.2, 0.25) is 0 Å². The number of anilines is 1. The van der Waals surface area contributed by atoms with Gasteiger partial charge in [-0.2, -0.15) is 0 Å². The minimum Gasteiger partial charge on any atom is -0.386 e. The third-order valence-corrected chi connectivity index (χ3v) is 3.96. The number of nitrogens with zero attached hydrogens (tertiary/aromatic N) is 1. The van der Waals surface area contributed by atoms with E-state index in [1.54, 1.807) is 18.3 Å². The Labute approximate surface area is 153 Å². The van der Waals surface area contributed by atoms with E-state index >= 15 is 0 Å². The van der Waals surface area contributed by atoms with Gasteiger partial charge in [-0.15, -0.1) is 0 Å². The molecule has 132 valence electrons. The number of halogens is 1. The Morgan fingerprint density at radius 1 is 1.20 bits per heavy atom. The van der Waals surface area contributed by atoms with Crippen molar-refractivity contribution in [2.24, 2.45) is 5.16 Å². The first-order chi connectivity index (χ1) is 11.8. The Balaban J connectivity index is 1.84. The van der Waals surface area contributed by atoms with Crippen LogP contribution in [0.1, 0.15) is 37.5 Å². The number of carbonyl (C=O) groups excluding carboxylic acids is 1. The Bertz CT molecular complexity index is 762. The molecule has 0 radical (unpaired) electrons. The molecule has 0 aliphatic carbocycles. The fourth-order valence-corrected chi connectivity index (χ4v) is 2.35. The topological polar surface area (TPSA) is 50.7 Å². The molecule has 5 heteroatoms. The summed E-state index contributed by atoms with van der Waals surface area (Å²) in [6.45, 7) is 8.23. The van der Waals surface area contributed by atoms with E-state index in [1.807, 2.05) is 25.1 Å². The van der Waals surface area contributed by atoms with Crippen molar-refractivity contribution in [2.75, 3.05) is 11.9 Å². The smallest absolute Gasteiger partial charge is 0.265 e. The van der Waals surface area contributed by atoms with Crippen LogP contribution in [0, 0.1) is 6.92 Å². The molecule has 0 aliphatic rings. The molecule has 2 aromatic carbocycles. The Morgan fingerprint density at radius 2 is 1.88 bits per heavy atom. The maximum Gasteiger partial charge on any atom is 0.265 e. The van der Waals surface area contributed by atoms with Crippen LogP contribution in [0.4, 0.5) is 5.69 Å². The summed E-state index contributed by atoms with van der Waals surface area (Å²) >= 11 is 5.93. The molecule has 0 atom stereocenters. The summed E-state index contributed by atoms with van der Waals surface area (Å²) in [5.74, 6) is -0.286. The van der Waals surface area contributed by atoms with Gasteiger partial charge >= 0.3 is 0 Å². The summed E-state index contributed by atoms with van der Waals surface area (Å²) in [5.41, 5.74) is 3.88. The minimum absolute atomic E-state index is 0.114. The second kappa shape index (κ2) is 8.17. The normalized spacial score (nSPS) is 11.6. The van der Waals surface area contributed by atoms with Crippen LogP contribution in [0.15, 0.2) is 47.6 Å². The van der Waals surface area contributed by atoms with Gasteiger partial charge < -0.3 is 10.2 Å². The fraction of sp³-hybridized carbons (Fsp3) is 0.300. The average molecular weight is 359 g/mol. The largest absolute Gasteiger partial charge is 0.386 e. The number of rotatable bonds is 5. The van der Waals surface area contributed by atoms with Crippen LogP contribution in [0.5, 0.6) is 0 Å². The molecule has 0 heterocycles. The SMILES string of the molecule is Cc1ccc(Cl)cc1NC(=O)CO/N=C\c1ccc(C(C)(C)C)cc1. The van der Waals surface area contributed by atoms with Crippen LogP contribution in [0.3, 0.4) is 0 Å². The maximum absolute atomic E-state index is 11.9. The zero-order chi connectivity index (χ0) is 18.4. The summed E-state index contributed by atoms with van der Waals surface area (Å²) in [6.07, 6.45) is 1.59. The lowest BCUT2D eigenvalue weighted by atomic mass is 9.87. The number of aryl methyl sites for hydroxylation is 1. The molecule has 1 N–H and O–H groups in total. The fourth-order valence-electron chi connectivity index (χ4n) is 2.18. The highest BCUT2D eigenvalue weighted by Crippen LogP contribution is 2.22. The average Bonchev–Trinajstić information content (AvgIpc) is 2.55. The van der Waals surface area contributed by atoms with Crippen molar-refractivity contribution < 1.29 is 9.63 Å². The predicted octanol–water partition coefficient (Wildman–Crippen LogP) is 4.94. The molecular formula is C20H23ClN2O2. The number of benzene rings is 2. The summed E-state index contributed by atoms with van der Waals surface area (Å²) in [5, 5.41) is 7.16. The number of hydrogen-bond acceptors (Lipinski definition) is 3. The van der Waals surface area contributed by atoms with Crippen LogP contribution in [-0.4, -0.2) is 18.7 Å². The van der Waals surface area contributed by atoms with Crippen molar-refractivity contribution >= 4 is 29.4 Å². The van der Waals surface area contributed by atoms with Gasteiger partial charge in [0.15, 0.2) is 6.61 Å². The van der Waals surface area contributed by atoms with Crippen LogP contribution in [0.2, 0.25) is 5.02 Å². The molecule has 0 bridgehead atoms. The second-order valence-corrected chi connectivity index (χ2v) is 7.32. The molecule has 0 fully saturated rings. The highest BCUT2D eigenvalue weighted by atomic mass is 35.5. The minimum atomic E-state index is -0.286. The van der Waals surface area contributed by atoms with Crippen molar-refractivity contribution in [3.63, 3.8) is 0 Å². The molecule has 0 unspecified atom stereocenters. The van der Waals surface area contributed by atoms with Crippen LogP contribution in [-0.2, 0) is 15.0 Å². The molecule has 0 aromatic heterocycles. The van der Waals surface area contributed by atoms with Crippen molar-refractivity contribution in [1.29, 1.82) is 0 Å². The second-order valence-electron chi connectivity index (χ2n) is 6.89. The monoisotopic (exact) mass is 358 g/mol. The number of carbonyl (C=O) groups is 1. The van der Waals surface area contributed by atoms with Crippen LogP contribution >= 0.6 is 11.6 Å². The molecule has 4 nitrogen and oxygen atoms in total. The van der Waals surface area contributed by atoms with E-state index in [2.05, 4.69) is 43.4 Å². The van der Waals surface area contributed by atoms with Gasteiger partial charge in [0, 0.05) is 10.7 Å². The van der Waals surface area contributed by atoms with E-state index in [9.17, 15) is 4.79 Å². The van der Waals surface area contributed by atoms with Gasteiger partial charge in [0.05, 0.1) is 6.21 Å². The highest BCUT2D eigenvalue weighted by molar-refractivity contribution is 6.31. The number of amides is 1. The summed E-state index contributed by atoms with van der Waals surface area (Å²) in [4.78, 5) is 17.0. The van der Waals surface area contributed by atoms with Gasteiger partial charge in [-0.05, 0) is 41.2 Å². The van der Waals surface area contributed by atoms with Crippen LogP contribution in [0.25, 0.3) is 0 Å². The number of hydrogen-bond donors (Lipinski definition) is 1. The molecule has 0 spiro atoms. The van der Waals surface area contributed by atoms with Gasteiger partial charge in [0.1, 0.15) is 0 Å². The lowest BCUT2D eigenvalue weighted by Crippen LogP contribution is -2.17. The zero-order valence-electron chi connectivity index (χ0n) is 15.0. The van der Waals surface area contributed by atoms with Crippen molar-refractivity contribution in [3.8, 4) is 0 Å². The number of oxime groups is 1. The standard InChI is InChI=1S/C20H23ClN2O2/c1-14-5-10-17(21)11-18(14)23-19(24)13-25-22-12-15-6-8-16(9-7-15)20(2,3)4/h5-12H,13H2,1-4H3,(H,23,24)/b22-12-. The molecule has 2 rings (SSSR count). The van der Waals surface area contributed by atoms with Crippen molar-refractivity contribution in [3.05, 3.63) is 64.2 Å². The summed E-state index contributed by atoms with van der Waals surface area (Å²) in [7, 11) is 0. The van der Waals surface area contributed by atoms with Crippen LogP contribution < -0.4 is 5.32 Å². The van der Waals surface area contributed by atoms with Crippen molar-refractivity contribution in [2.45, 2.75) is 33.1 Å². The third kappa shape index (κ3) is 5.91. The first-order valence-corrected chi connectivity index (χ1v) is 8.45. The molecular weight excluding hydrogens is 336 g/mol. The van der Waals surface area contributed by atoms with Gasteiger partial charge in [-0.3, -0.25) is 4.79 Å². The molecule has 0 saturated heterocycles. The summed E-state index contributed by atoms with van der Waals surface area (Å²) < 4.78 is 0. The molecule has 25 heavy (non-hydrogen) atoms. The predicted molar refractivity (Wildman–Crippen MR) is 104 cm³/mol. The van der Waals surface area contributed by atoms with E-state index in [0.29, 0.717) is 10.7 Å². The van der Waals surface area contributed by atoms with E-state index in [0.717, 1.165) is 11.1 Å². The van der Waals surface area contributed by atoms with E-state index in [1.165, 1.54) is 5.56 Å². The first-order valence-electron chi connectivity index (χ1n) is 8.07. The molecule has 1 amide bonds. The van der Waals surface area contributed by atoms with E-state index in [4.69, 9.17) is 16.4 Å². The highest BCUT2D eigenvalue weighted by Gasteiger charge is 2.12.